The summed E-state index contributed by atoms with van der Waals surface area (Å²) in [6.45, 7) is 3.39. The minimum atomic E-state index is -0.975. The third kappa shape index (κ3) is 6.92. The predicted octanol–water partition coefficient (Wildman–Crippen LogP) is 2.21. The molecular formula is C15H20O5. The highest BCUT2D eigenvalue weighted by molar-refractivity contribution is 5.85. The van der Waals surface area contributed by atoms with Crippen molar-refractivity contribution in [2.24, 2.45) is 0 Å². The maximum absolute atomic E-state index is 10.4. The molecule has 0 heterocycles. The largest absolute Gasteiger partial charge is 0.491 e. The van der Waals surface area contributed by atoms with Crippen molar-refractivity contribution in [3.63, 3.8) is 0 Å². The van der Waals surface area contributed by atoms with E-state index in [9.17, 15) is 4.79 Å². The topological polar surface area (TPSA) is 65.0 Å². The summed E-state index contributed by atoms with van der Waals surface area (Å²) in [5.41, 5.74) is 0.776. The van der Waals surface area contributed by atoms with Gasteiger partial charge in [-0.15, -0.1) is 0 Å². The third-order valence-electron chi connectivity index (χ3n) is 2.43. The van der Waals surface area contributed by atoms with Gasteiger partial charge in [-0.2, -0.15) is 0 Å². The van der Waals surface area contributed by atoms with Gasteiger partial charge in [0.2, 0.25) is 0 Å². The number of aliphatic carboxylic acids is 1. The molecule has 0 aromatic heterocycles. The Morgan fingerprint density at radius 3 is 2.90 bits per heavy atom. The maximum Gasteiger partial charge on any atom is 0.328 e. The lowest BCUT2D eigenvalue weighted by Gasteiger charge is -2.12. The van der Waals surface area contributed by atoms with Gasteiger partial charge in [0, 0.05) is 13.2 Å². The second kappa shape index (κ2) is 9.12. The lowest BCUT2D eigenvalue weighted by atomic mass is 10.2. The van der Waals surface area contributed by atoms with Gasteiger partial charge in [-0.25, -0.2) is 4.79 Å². The molecule has 5 heteroatoms. The molecule has 0 amide bonds. The first-order valence-electron chi connectivity index (χ1n) is 6.36. The summed E-state index contributed by atoms with van der Waals surface area (Å²) in [7, 11) is 1.63. The average Bonchev–Trinajstić information content (AvgIpc) is 2.42. The molecule has 20 heavy (non-hydrogen) atoms. The molecule has 1 atom stereocenters. The van der Waals surface area contributed by atoms with Gasteiger partial charge in [0.05, 0.1) is 19.3 Å². The second-order valence-corrected chi connectivity index (χ2v) is 4.23. The summed E-state index contributed by atoms with van der Waals surface area (Å²) in [5, 5.41) is 8.57. The molecule has 5 nitrogen and oxygen atoms in total. The summed E-state index contributed by atoms with van der Waals surface area (Å²) >= 11 is 0. The van der Waals surface area contributed by atoms with Crippen molar-refractivity contribution in [2.45, 2.75) is 13.0 Å². The molecule has 0 radical (unpaired) electrons. The van der Waals surface area contributed by atoms with E-state index in [1.54, 1.807) is 13.2 Å². The summed E-state index contributed by atoms with van der Waals surface area (Å²) in [5.74, 6) is -0.294. The highest BCUT2D eigenvalue weighted by Crippen LogP contribution is 2.14. The van der Waals surface area contributed by atoms with Crippen LogP contribution in [0.1, 0.15) is 12.5 Å². The number of carboxylic acid groups (broad SMARTS) is 1. The predicted molar refractivity (Wildman–Crippen MR) is 75.9 cm³/mol. The van der Waals surface area contributed by atoms with Crippen LogP contribution in [-0.4, -0.2) is 44.1 Å². The molecule has 0 saturated carbocycles. The van der Waals surface area contributed by atoms with Gasteiger partial charge in [0.1, 0.15) is 12.4 Å². The summed E-state index contributed by atoms with van der Waals surface area (Å²) in [4.78, 5) is 10.4. The lowest BCUT2D eigenvalue weighted by molar-refractivity contribution is -0.131. The van der Waals surface area contributed by atoms with Gasteiger partial charge in [0.15, 0.2) is 0 Å². The van der Waals surface area contributed by atoms with Crippen molar-refractivity contribution in [2.75, 3.05) is 26.9 Å². The highest BCUT2D eigenvalue weighted by atomic mass is 16.5. The Morgan fingerprint density at radius 1 is 1.40 bits per heavy atom. The van der Waals surface area contributed by atoms with Crippen LogP contribution in [0, 0.1) is 0 Å². The first kappa shape index (κ1) is 16.2. The quantitative estimate of drug-likeness (QED) is 0.555. The molecule has 0 aliphatic rings. The lowest BCUT2D eigenvalue weighted by Crippen LogP contribution is -2.18. The van der Waals surface area contributed by atoms with E-state index in [1.165, 1.54) is 6.08 Å². The zero-order valence-corrected chi connectivity index (χ0v) is 11.7. The minimum Gasteiger partial charge on any atom is -0.491 e. The molecule has 0 saturated heterocycles. The third-order valence-corrected chi connectivity index (χ3v) is 2.43. The first-order chi connectivity index (χ1) is 9.61. The Kier molecular flexibility index (Phi) is 7.39. The second-order valence-electron chi connectivity index (χ2n) is 4.23. The molecule has 0 bridgehead atoms. The summed E-state index contributed by atoms with van der Waals surface area (Å²) < 4.78 is 16.0. The Morgan fingerprint density at radius 2 is 2.20 bits per heavy atom. The fraction of sp³-hybridized carbons (Fsp3) is 0.400. The van der Waals surface area contributed by atoms with E-state index in [0.717, 1.165) is 11.6 Å². The fourth-order valence-electron chi connectivity index (χ4n) is 1.57. The normalized spacial score (nSPS) is 12.5. The van der Waals surface area contributed by atoms with Gasteiger partial charge in [-0.1, -0.05) is 12.1 Å². The zero-order chi connectivity index (χ0) is 14.8. The van der Waals surface area contributed by atoms with Crippen LogP contribution < -0.4 is 4.74 Å². The standard InChI is InChI=1S/C15H20O5/c1-12(11-18-2)19-8-9-20-14-5-3-4-13(10-14)6-7-15(16)17/h3-7,10,12H,8-9,11H2,1-2H3,(H,16,17). The molecule has 0 spiro atoms. The molecule has 0 fully saturated rings. The number of benzene rings is 1. The number of carbonyl (C=O) groups is 1. The number of carboxylic acids is 1. The Balaban J connectivity index is 2.37. The molecule has 1 aromatic rings. The van der Waals surface area contributed by atoms with Crippen LogP contribution in [0.15, 0.2) is 30.3 Å². The van der Waals surface area contributed by atoms with Crippen LogP contribution in [-0.2, 0) is 14.3 Å². The van der Waals surface area contributed by atoms with Crippen LogP contribution in [0.2, 0.25) is 0 Å². The smallest absolute Gasteiger partial charge is 0.328 e. The van der Waals surface area contributed by atoms with Crippen LogP contribution >= 0.6 is 0 Å². The van der Waals surface area contributed by atoms with Gasteiger partial charge in [-0.05, 0) is 30.7 Å². The van der Waals surface area contributed by atoms with Crippen molar-refractivity contribution in [3.05, 3.63) is 35.9 Å². The molecule has 1 rings (SSSR count). The maximum atomic E-state index is 10.4. The molecule has 1 aromatic carbocycles. The van der Waals surface area contributed by atoms with Crippen LogP contribution in [0.4, 0.5) is 0 Å². The van der Waals surface area contributed by atoms with Crippen molar-refractivity contribution in [1.29, 1.82) is 0 Å². The van der Waals surface area contributed by atoms with E-state index in [2.05, 4.69) is 0 Å². The van der Waals surface area contributed by atoms with Crippen molar-refractivity contribution in [1.82, 2.24) is 0 Å². The van der Waals surface area contributed by atoms with E-state index in [1.807, 2.05) is 25.1 Å². The van der Waals surface area contributed by atoms with E-state index in [4.69, 9.17) is 19.3 Å². The van der Waals surface area contributed by atoms with Gasteiger partial charge in [-0.3, -0.25) is 0 Å². The first-order valence-corrected chi connectivity index (χ1v) is 6.36. The monoisotopic (exact) mass is 280 g/mol. The van der Waals surface area contributed by atoms with Gasteiger partial charge < -0.3 is 19.3 Å². The fourth-order valence-corrected chi connectivity index (χ4v) is 1.57. The number of rotatable bonds is 9. The number of methoxy groups -OCH3 is 1. The Labute approximate surface area is 118 Å². The van der Waals surface area contributed by atoms with Crippen LogP contribution in [0.5, 0.6) is 5.75 Å². The number of ether oxygens (including phenoxy) is 3. The van der Waals surface area contributed by atoms with Crippen LogP contribution in [0.3, 0.4) is 0 Å². The minimum absolute atomic E-state index is 0.0356. The average molecular weight is 280 g/mol. The summed E-state index contributed by atoms with van der Waals surface area (Å²) in [6.07, 6.45) is 2.65. The van der Waals surface area contributed by atoms with Crippen LogP contribution in [0.25, 0.3) is 6.08 Å². The van der Waals surface area contributed by atoms with E-state index < -0.39 is 5.97 Å². The highest BCUT2D eigenvalue weighted by Gasteiger charge is 2.01. The zero-order valence-electron chi connectivity index (χ0n) is 11.7. The van der Waals surface area contributed by atoms with E-state index in [-0.39, 0.29) is 6.10 Å². The van der Waals surface area contributed by atoms with Gasteiger partial charge in [0.25, 0.3) is 0 Å². The van der Waals surface area contributed by atoms with E-state index in [0.29, 0.717) is 25.6 Å². The SMILES string of the molecule is COCC(C)OCCOc1cccc(C=CC(=O)O)c1. The Hall–Kier alpha value is -1.85. The van der Waals surface area contributed by atoms with Gasteiger partial charge >= 0.3 is 5.97 Å². The van der Waals surface area contributed by atoms with E-state index >= 15 is 0 Å². The summed E-state index contributed by atoms with van der Waals surface area (Å²) in [6, 6.07) is 7.21. The molecule has 0 aliphatic heterocycles. The molecule has 0 aliphatic carbocycles. The molecule has 1 N–H and O–H groups in total. The van der Waals surface area contributed by atoms with Crippen molar-refractivity contribution in [3.8, 4) is 5.75 Å². The Bertz CT molecular complexity index is 442. The number of hydrogen-bond acceptors (Lipinski definition) is 4. The number of hydrogen-bond donors (Lipinski definition) is 1. The molecule has 110 valence electrons. The molecular weight excluding hydrogens is 260 g/mol. The molecule has 1 unspecified atom stereocenters. The van der Waals surface area contributed by atoms with Crippen molar-refractivity contribution >= 4 is 12.0 Å². The van der Waals surface area contributed by atoms with Crippen molar-refractivity contribution < 1.29 is 24.1 Å².